The van der Waals surface area contributed by atoms with Crippen LogP contribution in [-0.2, 0) is 14.3 Å². The van der Waals surface area contributed by atoms with Crippen LogP contribution in [0.4, 0.5) is 9.59 Å². The summed E-state index contributed by atoms with van der Waals surface area (Å²) in [7, 11) is 0. The first-order valence-corrected chi connectivity index (χ1v) is 9.42. The second kappa shape index (κ2) is 10.2. The van der Waals surface area contributed by atoms with E-state index in [1.165, 1.54) is 0 Å². The molecule has 2 aliphatic rings. The van der Waals surface area contributed by atoms with Crippen molar-refractivity contribution < 1.29 is 23.9 Å². The molecule has 1 fully saturated rings. The maximum atomic E-state index is 12.1. The zero-order valence-electron chi connectivity index (χ0n) is 15.6. The highest BCUT2D eigenvalue weighted by molar-refractivity contribution is 5.70. The lowest BCUT2D eigenvalue weighted by Gasteiger charge is -2.32. The van der Waals surface area contributed by atoms with Crippen LogP contribution in [0.25, 0.3) is 0 Å². The standard InChI is InChI=1S/C17H30N4O5/c1-3-5-9-19-15(22)24-13-14(25-16(23)20-10-6-4-2)21-26-17(13)7-11-18-12-8-17/h18,21H,3-12H2,1-2H3,(H,19,22)(H,20,23). The van der Waals surface area contributed by atoms with Gasteiger partial charge >= 0.3 is 12.2 Å². The van der Waals surface area contributed by atoms with E-state index in [4.69, 9.17) is 14.3 Å². The summed E-state index contributed by atoms with van der Waals surface area (Å²) in [5.41, 5.74) is 1.81. The van der Waals surface area contributed by atoms with Gasteiger partial charge in [-0.2, -0.15) is 0 Å². The Hall–Kier alpha value is -2.00. The fourth-order valence-corrected chi connectivity index (χ4v) is 2.80. The Balaban J connectivity index is 2.06. The summed E-state index contributed by atoms with van der Waals surface area (Å²) in [6.07, 6.45) is 3.67. The average Bonchev–Trinajstić information content (AvgIpc) is 2.93. The first-order valence-electron chi connectivity index (χ1n) is 9.42. The minimum Gasteiger partial charge on any atom is -0.406 e. The summed E-state index contributed by atoms with van der Waals surface area (Å²) in [4.78, 5) is 29.8. The molecule has 0 aromatic carbocycles. The number of hydrogen-bond donors (Lipinski definition) is 4. The Kier molecular flexibility index (Phi) is 7.99. The van der Waals surface area contributed by atoms with Gasteiger partial charge in [-0.1, -0.05) is 26.7 Å². The molecule has 0 atom stereocenters. The van der Waals surface area contributed by atoms with Crippen molar-refractivity contribution in [3.05, 3.63) is 11.6 Å². The quantitative estimate of drug-likeness (QED) is 0.483. The van der Waals surface area contributed by atoms with Gasteiger partial charge in [-0.3, -0.25) is 4.84 Å². The molecule has 0 saturated carbocycles. The summed E-state index contributed by atoms with van der Waals surface area (Å²) >= 11 is 0. The lowest BCUT2D eigenvalue weighted by atomic mass is 9.90. The summed E-state index contributed by atoms with van der Waals surface area (Å²) in [6, 6.07) is 0. The maximum absolute atomic E-state index is 12.1. The molecule has 0 bridgehead atoms. The summed E-state index contributed by atoms with van der Waals surface area (Å²) in [5.74, 6) is 0.255. The van der Waals surface area contributed by atoms with Crippen molar-refractivity contribution in [2.45, 2.75) is 58.0 Å². The Morgan fingerprint density at radius 1 is 1.04 bits per heavy atom. The number of nitrogens with one attached hydrogen (secondary N) is 4. The molecular formula is C17H30N4O5. The van der Waals surface area contributed by atoms with Gasteiger partial charge in [0.25, 0.3) is 5.88 Å². The lowest BCUT2D eigenvalue weighted by Crippen LogP contribution is -2.45. The molecule has 9 nitrogen and oxygen atoms in total. The molecule has 0 aromatic heterocycles. The zero-order chi connectivity index (χ0) is 18.8. The molecule has 0 radical (unpaired) electrons. The van der Waals surface area contributed by atoms with E-state index in [1.807, 2.05) is 13.8 Å². The molecule has 0 aromatic rings. The minimum absolute atomic E-state index is 0.0338. The van der Waals surface area contributed by atoms with Gasteiger partial charge < -0.3 is 25.4 Å². The number of alkyl carbamates (subject to hydrolysis) is 2. The van der Waals surface area contributed by atoms with Crippen LogP contribution in [0.1, 0.15) is 52.4 Å². The van der Waals surface area contributed by atoms with Gasteiger partial charge in [0.2, 0.25) is 5.76 Å². The summed E-state index contributed by atoms with van der Waals surface area (Å²) < 4.78 is 10.8. The predicted octanol–water partition coefficient (Wildman–Crippen LogP) is 1.87. The molecule has 0 aliphatic carbocycles. The van der Waals surface area contributed by atoms with Crippen molar-refractivity contribution in [1.82, 2.24) is 21.4 Å². The first kappa shape index (κ1) is 20.3. The number of ether oxygens (including phenoxy) is 2. The van der Waals surface area contributed by atoms with E-state index in [9.17, 15) is 9.59 Å². The van der Waals surface area contributed by atoms with Crippen LogP contribution in [0.5, 0.6) is 0 Å². The average molecular weight is 370 g/mol. The van der Waals surface area contributed by atoms with E-state index >= 15 is 0 Å². The monoisotopic (exact) mass is 370 g/mol. The molecule has 1 spiro atoms. The normalized spacial score (nSPS) is 18.4. The van der Waals surface area contributed by atoms with Crippen LogP contribution in [0.2, 0.25) is 0 Å². The van der Waals surface area contributed by atoms with Crippen LogP contribution in [-0.4, -0.2) is 44.0 Å². The molecule has 2 aliphatic heterocycles. The zero-order valence-corrected chi connectivity index (χ0v) is 15.6. The van der Waals surface area contributed by atoms with Crippen molar-refractivity contribution in [3.63, 3.8) is 0 Å². The third-order valence-electron chi connectivity index (χ3n) is 4.36. The summed E-state index contributed by atoms with van der Waals surface area (Å²) in [5, 5.41) is 8.59. The highest BCUT2D eigenvalue weighted by atomic mass is 16.7. The molecule has 0 unspecified atom stereocenters. The van der Waals surface area contributed by atoms with Crippen molar-refractivity contribution >= 4 is 12.2 Å². The second-order valence-electron chi connectivity index (χ2n) is 6.45. The molecule has 4 N–H and O–H groups in total. The van der Waals surface area contributed by atoms with Gasteiger partial charge in [0.05, 0.1) is 0 Å². The largest absolute Gasteiger partial charge is 0.414 e. The third kappa shape index (κ3) is 5.50. The van der Waals surface area contributed by atoms with E-state index in [2.05, 4.69) is 21.4 Å². The molecule has 2 rings (SSSR count). The molecule has 9 heteroatoms. The highest BCUT2D eigenvalue weighted by Crippen LogP contribution is 2.37. The Morgan fingerprint density at radius 2 is 1.62 bits per heavy atom. The second-order valence-corrected chi connectivity index (χ2v) is 6.45. The number of piperidine rings is 1. The number of carbonyl (C=O) groups excluding carboxylic acids is 2. The van der Waals surface area contributed by atoms with Gasteiger partial charge in [0.15, 0.2) is 5.60 Å². The number of carbonyl (C=O) groups is 2. The number of amides is 2. The van der Waals surface area contributed by atoms with Crippen molar-refractivity contribution in [3.8, 4) is 0 Å². The van der Waals surface area contributed by atoms with E-state index in [1.54, 1.807) is 0 Å². The fraction of sp³-hybridized carbons (Fsp3) is 0.765. The number of unbranched alkanes of at least 4 members (excludes halogenated alkanes) is 2. The number of rotatable bonds is 8. The van der Waals surface area contributed by atoms with Crippen LogP contribution in [0.15, 0.2) is 11.6 Å². The van der Waals surface area contributed by atoms with Crippen LogP contribution in [0.3, 0.4) is 0 Å². The van der Waals surface area contributed by atoms with Crippen molar-refractivity contribution in [2.75, 3.05) is 26.2 Å². The van der Waals surface area contributed by atoms with Gasteiger partial charge in [-0.05, 0) is 38.8 Å². The molecule has 2 amide bonds. The first-order chi connectivity index (χ1) is 12.6. The van der Waals surface area contributed by atoms with Crippen LogP contribution < -0.4 is 21.4 Å². The van der Waals surface area contributed by atoms with E-state index in [-0.39, 0.29) is 11.6 Å². The Morgan fingerprint density at radius 3 is 2.19 bits per heavy atom. The smallest absolute Gasteiger partial charge is 0.406 e. The maximum Gasteiger partial charge on any atom is 0.414 e. The van der Waals surface area contributed by atoms with E-state index in [0.29, 0.717) is 39.0 Å². The SMILES string of the molecule is CCCCNC(=O)OC1=C(OC(=O)NCCCC)C2(CCNCC2)ON1. The van der Waals surface area contributed by atoms with Crippen molar-refractivity contribution in [1.29, 1.82) is 0 Å². The Bertz CT molecular complexity index is 517. The molecule has 26 heavy (non-hydrogen) atoms. The van der Waals surface area contributed by atoms with Gasteiger partial charge in [-0.25, -0.2) is 15.1 Å². The molecule has 148 valence electrons. The fourth-order valence-electron chi connectivity index (χ4n) is 2.80. The van der Waals surface area contributed by atoms with Gasteiger partial charge in [0, 0.05) is 13.1 Å². The lowest BCUT2D eigenvalue weighted by molar-refractivity contribution is -0.0831. The molecule has 2 heterocycles. The molecular weight excluding hydrogens is 340 g/mol. The minimum atomic E-state index is -0.813. The van der Waals surface area contributed by atoms with E-state index < -0.39 is 17.8 Å². The number of hydrogen-bond acceptors (Lipinski definition) is 7. The van der Waals surface area contributed by atoms with Gasteiger partial charge in [0.1, 0.15) is 0 Å². The topological polar surface area (TPSA) is 110 Å². The van der Waals surface area contributed by atoms with Crippen LogP contribution in [0, 0.1) is 0 Å². The Labute approximate surface area is 154 Å². The third-order valence-corrected chi connectivity index (χ3v) is 4.36. The van der Waals surface area contributed by atoms with Crippen LogP contribution >= 0.6 is 0 Å². The predicted molar refractivity (Wildman–Crippen MR) is 94.9 cm³/mol. The number of hydroxylamine groups is 1. The molecule has 1 saturated heterocycles. The van der Waals surface area contributed by atoms with E-state index in [0.717, 1.165) is 25.7 Å². The summed E-state index contributed by atoms with van der Waals surface area (Å²) in [6.45, 7) is 6.54. The van der Waals surface area contributed by atoms with Gasteiger partial charge in [-0.15, -0.1) is 0 Å². The van der Waals surface area contributed by atoms with Crippen molar-refractivity contribution in [2.24, 2.45) is 0 Å². The highest BCUT2D eigenvalue weighted by Gasteiger charge is 2.48.